The SMILES string of the molecule is CC1(C)CN(c2nc(Cl)nc(-n3cncn3)n2)CCO1. The molecule has 2 aromatic rings. The van der Waals surface area contributed by atoms with Crippen LogP contribution in [0.4, 0.5) is 5.95 Å². The molecule has 0 amide bonds. The van der Waals surface area contributed by atoms with Crippen LogP contribution >= 0.6 is 11.6 Å². The number of ether oxygens (including phenoxy) is 1. The molecule has 0 aliphatic carbocycles. The molecule has 1 aliphatic heterocycles. The van der Waals surface area contributed by atoms with Gasteiger partial charge < -0.3 is 9.64 Å². The van der Waals surface area contributed by atoms with E-state index in [4.69, 9.17) is 16.3 Å². The van der Waals surface area contributed by atoms with Gasteiger partial charge >= 0.3 is 0 Å². The highest BCUT2D eigenvalue weighted by Gasteiger charge is 2.29. The average molecular weight is 296 g/mol. The van der Waals surface area contributed by atoms with Gasteiger partial charge in [-0.1, -0.05) is 0 Å². The van der Waals surface area contributed by atoms with Crippen LogP contribution in [0.5, 0.6) is 0 Å². The summed E-state index contributed by atoms with van der Waals surface area (Å²) >= 11 is 5.98. The number of aromatic nitrogens is 6. The second-order valence-corrected chi connectivity index (χ2v) is 5.41. The number of nitrogens with zero attached hydrogens (tertiary/aromatic N) is 7. The summed E-state index contributed by atoms with van der Waals surface area (Å²) in [5.41, 5.74) is -0.245. The van der Waals surface area contributed by atoms with E-state index in [-0.39, 0.29) is 10.9 Å². The molecule has 0 aromatic carbocycles. The van der Waals surface area contributed by atoms with E-state index in [0.717, 1.165) is 0 Å². The van der Waals surface area contributed by atoms with E-state index >= 15 is 0 Å². The number of rotatable bonds is 2. The van der Waals surface area contributed by atoms with Crippen LogP contribution in [-0.4, -0.2) is 55.0 Å². The van der Waals surface area contributed by atoms with Gasteiger partial charge in [-0.15, -0.1) is 0 Å². The lowest BCUT2D eigenvalue weighted by atomic mass is 10.1. The zero-order valence-corrected chi connectivity index (χ0v) is 11.9. The Labute approximate surface area is 120 Å². The van der Waals surface area contributed by atoms with Crippen molar-refractivity contribution in [2.45, 2.75) is 19.4 Å². The van der Waals surface area contributed by atoms with Crippen molar-refractivity contribution in [3.05, 3.63) is 17.9 Å². The summed E-state index contributed by atoms with van der Waals surface area (Å²) in [5.74, 6) is 0.869. The van der Waals surface area contributed by atoms with Gasteiger partial charge in [0.25, 0.3) is 5.95 Å². The van der Waals surface area contributed by atoms with E-state index in [1.54, 1.807) is 0 Å². The maximum atomic E-state index is 5.98. The molecule has 0 unspecified atom stereocenters. The summed E-state index contributed by atoms with van der Waals surface area (Å²) in [4.78, 5) is 18.5. The molecule has 106 valence electrons. The fourth-order valence-corrected chi connectivity index (χ4v) is 2.22. The van der Waals surface area contributed by atoms with Gasteiger partial charge in [0.1, 0.15) is 12.7 Å². The topological polar surface area (TPSA) is 81.9 Å². The van der Waals surface area contributed by atoms with Crippen LogP contribution in [0.3, 0.4) is 0 Å². The smallest absolute Gasteiger partial charge is 0.258 e. The largest absolute Gasteiger partial charge is 0.372 e. The lowest BCUT2D eigenvalue weighted by molar-refractivity contribution is -0.0281. The zero-order valence-electron chi connectivity index (χ0n) is 11.2. The Morgan fingerprint density at radius 1 is 1.25 bits per heavy atom. The van der Waals surface area contributed by atoms with Gasteiger partial charge in [-0.05, 0) is 25.4 Å². The number of morpholine rings is 1. The summed E-state index contributed by atoms with van der Waals surface area (Å²) in [7, 11) is 0. The fraction of sp³-hybridized carbons (Fsp3) is 0.545. The number of anilines is 1. The highest BCUT2D eigenvalue weighted by atomic mass is 35.5. The van der Waals surface area contributed by atoms with Crippen molar-refractivity contribution in [1.82, 2.24) is 29.7 Å². The van der Waals surface area contributed by atoms with Crippen molar-refractivity contribution in [2.75, 3.05) is 24.6 Å². The van der Waals surface area contributed by atoms with Gasteiger partial charge in [-0.2, -0.15) is 24.7 Å². The predicted molar refractivity (Wildman–Crippen MR) is 72.0 cm³/mol. The van der Waals surface area contributed by atoms with E-state index < -0.39 is 0 Å². The average Bonchev–Trinajstić information content (AvgIpc) is 2.90. The van der Waals surface area contributed by atoms with E-state index in [1.807, 2.05) is 18.7 Å². The van der Waals surface area contributed by atoms with Crippen molar-refractivity contribution < 1.29 is 4.74 Å². The Morgan fingerprint density at radius 3 is 2.75 bits per heavy atom. The number of halogens is 1. The van der Waals surface area contributed by atoms with Crippen molar-refractivity contribution in [2.24, 2.45) is 0 Å². The van der Waals surface area contributed by atoms with Gasteiger partial charge in [0, 0.05) is 13.1 Å². The van der Waals surface area contributed by atoms with Crippen LogP contribution in [-0.2, 0) is 4.74 Å². The van der Waals surface area contributed by atoms with Gasteiger partial charge in [0.2, 0.25) is 11.2 Å². The Balaban J connectivity index is 1.94. The van der Waals surface area contributed by atoms with Crippen LogP contribution < -0.4 is 4.90 Å². The lowest BCUT2D eigenvalue weighted by Crippen LogP contribution is -2.49. The second kappa shape index (κ2) is 4.95. The molecule has 1 fully saturated rings. The summed E-state index contributed by atoms with van der Waals surface area (Å²) in [6, 6.07) is 0. The molecule has 2 aromatic heterocycles. The minimum atomic E-state index is -0.245. The molecular weight excluding hydrogens is 282 g/mol. The van der Waals surface area contributed by atoms with Crippen LogP contribution in [0.1, 0.15) is 13.8 Å². The molecular formula is C11H14ClN7O. The first-order valence-corrected chi connectivity index (χ1v) is 6.57. The molecule has 0 bridgehead atoms. The molecule has 1 aliphatic rings. The summed E-state index contributed by atoms with van der Waals surface area (Å²) in [5, 5.41) is 4.12. The van der Waals surface area contributed by atoms with Gasteiger partial charge in [-0.25, -0.2) is 4.98 Å². The second-order valence-electron chi connectivity index (χ2n) is 5.07. The van der Waals surface area contributed by atoms with E-state index in [1.165, 1.54) is 17.3 Å². The van der Waals surface area contributed by atoms with Gasteiger partial charge in [0.15, 0.2) is 0 Å². The zero-order chi connectivity index (χ0) is 14.2. The van der Waals surface area contributed by atoms with Crippen molar-refractivity contribution >= 4 is 17.5 Å². The molecule has 0 N–H and O–H groups in total. The molecule has 0 radical (unpaired) electrons. The van der Waals surface area contributed by atoms with Crippen molar-refractivity contribution in [3.63, 3.8) is 0 Å². The quantitative estimate of drug-likeness (QED) is 0.807. The highest BCUT2D eigenvalue weighted by Crippen LogP contribution is 2.21. The Hall–Kier alpha value is -1.80. The molecule has 20 heavy (non-hydrogen) atoms. The summed E-state index contributed by atoms with van der Waals surface area (Å²) < 4.78 is 7.12. The van der Waals surface area contributed by atoms with Crippen molar-refractivity contribution in [1.29, 1.82) is 0 Å². The molecule has 0 atom stereocenters. The van der Waals surface area contributed by atoms with Crippen molar-refractivity contribution in [3.8, 4) is 5.95 Å². The van der Waals surface area contributed by atoms with Gasteiger partial charge in [-0.3, -0.25) is 0 Å². The minimum Gasteiger partial charge on any atom is -0.372 e. The predicted octanol–water partition coefficient (Wildman–Crippen LogP) is 0.721. The third-order valence-electron chi connectivity index (χ3n) is 2.92. The maximum Gasteiger partial charge on any atom is 0.258 e. The normalized spacial score (nSPS) is 18.2. The first-order valence-electron chi connectivity index (χ1n) is 6.19. The molecule has 3 heterocycles. The van der Waals surface area contributed by atoms with Crippen LogP contribution in [0.2, 0.25) is 5.28 Å². The van der Waals surface area contributed by atoms with E-state index in [0.29, 0.717) is 31.6 Å². The summed E-state index contributed by atoms with van der Waals surface area (Å²) in [6.07, 6.45) is 2.92. The number of hydrogen-bond acceptors (Lipinski definition) is 7. The summed E-state index contributed by atoms with van der Waals surface area (Å²) in [6.45, 7) is 6.07. The molecule has 8 nitrogen and oxygen atoms in total. The first kappa shape index (κ1) is 13.2. The van der Waals surface area contributed by atoms with E-state index in [9.17, 15) is 0 Å². The van der Waals surface area contributed by atoms with Crippen LogP contribution in [0, 0.1) is 0 Å². The molecule has 1 saturated heterocycles. The molecule has 0 saturated carbocycles. The maximum absolute atomic E-state index is 5.98. The lowest BCUT2D eigenvalue weighted by Gasteiger charge is -2.38. The highest BCUT2D eigenvalue weighted by molar-refractivity contribution is 6.28. The Kier molecular flexibility index (Phi) is 3.27. The molecule has 3 rings (SSSR count). The van der Waals surface area contributed by atoms with Crippen LogP contribution in [0.15, 0.2) is 12.7 Å². The van der Waals surface area contributed by atoms with Gasteiger partial charge in [0.05, 0.1) is 12.2 Å². The van der Waals surface area contributed by atoms with E-state index in [2.05, 4.69) is 25.0 Å². The number of hydrogen-bond donors (Lipinski definition) is 0. The monoisotopic (exact) mass is 295 g/mol. The minimum absolute atomic E-state index is 0.129. The third kappa shape index (κ3) is 2.70. The Morgan fingerprint density at radius 2 is 2.05 bits per heavy atom. The molecule has 9 heteroatoms. The van der Waals surface area contributed by atoms with Crippen LogP contribution in [0.25, 0.3) is 5.95 Å². The Bertz CT molecular complexity index is 601. The first-order chi connectivity index (χ1) is 9.53. The molecule has 0 spiro atoms. The third-order valence-corrected chi connectivity index (χ3v) is 3.09. The fourth-order valence-electron chi connectivity index (χ4n) is 2.07. The standard InChI is InChI=1S/C11H14ClN7O/c1-11(2)5-18(3-4-20-11)9-15-8(12)16-10(17-9)19-7-13-6-14-19/h6-7H,3-5H2,1-2H3.